The third kappa shape index (κ3) is 4.92. The van der Waals surface area contributed by atoms with Crippen LogP contribution in [0.5, 0.6) is 0 Å². The molecular weight excluding hydrogens is 392 g/mol. The van der Waals surface area contributed by atoms with E-state index in [1.54, 1.807) is 12.1 Å². The van der Waals surface area contributed by atoms with Crippen LogP contribution in [0.15, 0.2) is 35.2 Å². The molecule has 0 unspecified atom stereocenters. The van der Waals surface area contributed by atoms with Gasteiger partial charge < -0.3 is 10.3 Å². The number of nitrogens with one attached hydrogen (secondary N) is 2. The predicted molar refractivity (Wildman–Crippen MR) is 111 cm³/mol. The molecule has 2 N–H and O–H groups in total. The van der Waals surface area contributed by atoms with Crippen LogP contribution in [0.2, 0.25) is 0 Å². The minimum atomic E-state index is -3.61. The minimum Gasteiger partial charge on any atom is -0.362 e. The number of carbonyl (C=O) groups is 2. The van der Waals surface area contributed by atoms with Crippen molar-refractivity contribution in [2.24, 2.45) is 0 Å². The van der Waals surface area contributed by atoms with E-state index < -0.39 is 10.0 Å². The Hall–Kier alpha value is -2.49. The van der Waals surface area contributed by atoms with Gasteiger partial charge in [0, 0.05) is 55.7 Å². The smallest absolute Gasteiger partial charge is 0.243 e. The summed E-state index contributed by atoms with van der Waals surface area (Å²) in [4.78, 5) is 28.9. The molecule has 2 heterocycles. The zero-order chi connectivity index (χ0) is 21.2. The Kier molecular flexibility index (Phi) is 6.21. The molecule has 0 saturated carbocycles. The van der Waals surface area contributed by atoms with Crippen molar-refractivity contribution in [2.45, 2.75) is 25.7 Å². The van der Waals surface area contributed by atoms with Crippen LogP contribution in [0.25, 0.3) is 0 Å². The second-order valence-electron chi connectivity index (χ2n) is 7.30. The van der Waals surface area contributed by atoms with Crippen molar-refractivity contribution in [1.29, 1.82) is 0 Å². The first-order valence-corrected chi connectivity index (χ1v) is 10.9. The predicted octanol–water partition coefficient (Wildman–Crippen LogP) is 1.78. The molecule has 1 aromatic heterocycles. The number of aryl methyl sites for hydroxylation is 2. The normalized spacial score (nSPS) is 16.0. The molecule has 8 nitrogen and oxygen atoms in total. The van der Waals surface area contributed by atoms with Gasteiger partial charge in [0.15, 0.2) is 5.78 Å². The molecule has 2 aromatic rings. The van der Waals surface area contributed by atoms with Gasteiger partial charge in [0.25, 0.3) is 0 Å². The zero-order valence-corrected chi connectivity index (χ0v) is 17.7. The molecule has 1 saturated heterocycles. The Morgan fingerprint density at radius 1 is 1.07 bits per heavy atom. The molecule has 0 spiro atoms. The number of ketones is 1. The number of amides is 1. The molecular formula is C20H26N4O4S. The summed E-state index contributed by atoms with van der Waals surface area (Å²) in [5.74, 6) is -0.173. The molecule has 156 valence electrons. The molecule has 1 aliphatic rings. The van der Waals surface area contributed by atoms with Crippen molar-refractivity contribution in [1.82, 2.24) is 14.2 Å². The van der Waals surface area contributed by atoms with E-state index in [9.17, 15) is 18.0 Å². The minimum absolute atomic E-state index is 0.0386. The van der Waals surface area contributed by atoms with Gasteiger partial charge in [-0.2, -0.15) is 4.31 Å². The standard InChI is InChI=1S/C20H26N4O4S/c1-14-12-19(15(2)21-14)20(26)13-23-8-10-24(11-9-23)29(27,28)18-6-4-17(5-7-18)22-16(3)25/h4-7,12,21H,8-11,13H2,1-3H3,(H,22,25). The van der Waals surface area contributed by atoms with E-state index in [1.807, 2.05) is 24.8 Å². The van der Waals surface area contributed by atoms with Crippen LogP contribution in [0.1, 0.15) is 28.7 Å². The maximum absolute atomic E-state index is 12.9. The van der Waals surface area contributed by atoms with Crippen molar-refractivity contribution in [3.8, 4) is 0 Å². The first-order chi connectivity index (χ1) is 13.7. The number of anilines is 1. The second kappa shape index (κ2) is 8.48. The van der Waals surface area contributed by atoms with Gasteiger partial charge in [-0.25, -0.2) is 8.42 Å². The van der Waals surface area contributed by atoms with Crippen LogP contribution in [0.4, 0.5) is 5.69 Å². The summed E-state index contributed by atoms with van der Waals surface area (Å²) >= 11 is 0. The Morgan fingerprint density at radius 2 is 1.69 bits per heavy atom. The largest absolute Gasteiger partial charge is 0.362 e. The SMILES string of the molecule is CC(=O)Nc1ccc(S(=O)(=O)N2CCN(CC(=O)c3cc(C)[nH]c3C)CC2)cc1. The first kappa shape index (κ1) is 21.2. The number of hydrogen-bond donors (Lipinski definition) is 2. The molecule has 1 fully saturated rings. The number of H-pyrrole nitrogens is 1. The van der Waals surface area contributed by atoms with Gasteiger partial charge in [0.05, 0.1) is 11.4 Å². The third-order valence-electron chi connectivity index (χ3n) is 4.96. The number of benzene rings is 1. The highest BCUT2D eigenvalue weighted by molar-refractivity contribution is 7.89. The van der Waals surface area contributed by atoms with Crippen molar-refractivity contribution < 1.29 is 18.0 Å². The molecule has 0 atom stereocenters. The van der Waals surface area contributed by atoms with Gasteiger partial charge >= 0.3 is 0 Å². The molecule has 29 heavy (non-hydrogen) atoms. The topological polar surface area (TPSA) is 103 Å². The number of rotatable bonds is 6. The van der Waals surface area contributed by atoms with E-state index in [0.717, 1.165) is 11.4 Å². The fourth-order valence-corrected chi connectivity index (χ4v) is 4.91. The number of Topliss-reactive ketones (excluding diaryl/α,β-unsaturated/α-hetero) is 1. The van der Waals surface area contributed by atoms with Crippen molar-refractivity contribution >= 4 is 27.4 Å². The molecule has 9 heteroatoms. The zero-order valence-electron chi connectivity index (χ0n) is 16.9. The van der Waals surface area contributed by atoms with E-state index in [2.05, 4.69) is 10.3 Å². The van der Waals surface area contributed by atoms with Crippen molar-refractivity contribution in [3.63, 3.8) is 0 Å². The molecule has 3 rings (SSSR count). The van der Waals surface area contributed by atoms with Crippen LogP contribution in [0.3, 0.4) is 0 Å². The lowest BCUT2D eigenvalue weighted by molar-refractivity contribution is -0.114. The molecule has 1 aromatic carbocycles. The molecule has 1 amide bonds. The van der Waals surface area contributed by atoms with Crippen LogP contribution < -0.4 is 5.32 Å². The number of aromatic amines is 1. The van der Waals surface area contributed by atoms with E-state index in [0.29, 0.717) is 37.4 Å². The number of piperazine rings is 1. The van der Waals surface area contributed by atoms with E-state index in [-0.39, 0.29) is 23.1 Å². The first-order valence-electron chi connectivity index (χ1n) is 9.46. The van der Waals surface area contributed by atoms with E-state index in [4.69, 9.17) is 0 Å². The van der Waals surface area contributed by atoms with Crippen molar-refractivity contribution in [2.75, 3.05) is 38.0 Å². The van der Waals surface area contributed by atoms with Gasteiger partial charge in [-0.3, -0.25) is 14.5 Å². The number of nitrogens with zero attached hydrogens (tertiary/aromatic N) is 2. The lowest BCUT2D eigenvalue weighted by atomic mass is 10.1. The quantitative estimate of drug-likeness (QED) is 0.696. The Balaban J connectivity index is 1.60. The summed E-state index contributed by atoms with van der Waals surface area (Å²) in [5.41, 5.74) is 3.05. The molecule has 0 radical (unpaired) electrons. The number of aromatic nitrogens is 1. The Labute approximate surface area is 170 Å². The number of hydrogen-bond acceptors (Lipinski definition) is 5. The summed E-state index contributed by atoms with van der Waals surface area (Å²) in [5, 5.41) is 2.62. The van der Waals surface area contributed by atoms with Gasteiger partial charge in [-0.05, 0) is 44.2 Å². The summed E-state index contributed by atoms with van der Waals surface area (Å²) in [6.07, 6.45) is 0. The monoisotopic (exact) mass is 418 g/mol. The van der Waals surface area contributed by atoms with Crippen LogP contribution in [0, 0.1) is 13.8 Å². The average molecular weight is 419 g/mol. The summed E-state index contributed by atoms with van der Waals surface area (Å²) in [6, 6.07) is 7.98. The highest BCUT2D eigenvalue weighted by Crippen LogP contribution is 2.20. The van der Waals surface area contributed by atoms with Gasteiger partial charge in [0.2, 0.25) is 15.9 Å². The third-order valence-corrected chi connectivity index (χ3v) is 6.87. The average Bonchev–Trinajstić information content (AvgIpc) is 3.00. The van der Waals surface area contributed by atoms with Crippen LogP contribution >= 0.6 is 0 Å². The van der Waals surface area contributed by atoms with Crippen LogP contribution in [-0.2, 0) is 14.8 Å². The summed E-state index contributed by atoms with van der Waals surface area (Å²) in [6.45, 7) is 7.11. The summed E-state index contributed by atoms with van der Waals surface area (Å²) in [7, 11) is -3.61. The maximum Gasteiger partial charge on any atom is 0.243 e. The molecule has 0 aliphatic carbocycles. The van der Waals surface area contributed by atoms with Gasteiger partial charge in [0.1, 0.15) is 0 Å². The fraction of sp³-hybridized carbons (Fsp3) is 0.400. The van der Waals surface area contributed by atoms with Crippen molar-refractivity contribution in [3.05, 3.63) is 47.3 Å². The maximum atomic E-state index is 12.9. The molecule has 0 bridgehead atoms. The Morgan fingerprint density at radius 3 is 2.21 bits per heavy atom. The highest BCUT2D eigenvalue weighted by Gasteiger charge is 2.29. The summed E-state index contributed by atoms with van der Waals surface area (Å²) < 4.78 is 27.2. The van der Waals surface area contributed by atoms with Gasteiger partial charge in [-0.15, -0.1) is 0 Å². The second-order valence-corrected chi connectivity index (χ2v) is 9.24. The lowest BCUT2D eigenvalue weighted by Crippen LogP contribution is -2.49. The molecule has 1 aliphatic heterocycles. The number of sulfonamides is 1. The Bertz CT molecular complexity index is 1000. The fourth-order valence-electron chi connectivity index (χ4n) is 3.49. The van der Waals surface area contributed by atoms with Gasteiger partial charge in [-0.1, -0.05) is 0 Å². The van der Waals surface area contributed by atoms with E-state index in [1.165, 1.54) is 23.4 Å². The van der Waals surface area contributed by atoms with Crippen LogP contribution in [-0.4, -0.2) is 67.0 Å². The highest BCUT2D eigenvalue weighted by atomic mass is 32.2. The van der Waals surface area contributed by atoms with E-state index >= 15 is 0 Å². The lowest BCUT2D eigenvalue weighted by Gasteiger charge is -2.33. The number of carbonyl (C=O) groups excluding carboxylic acids is 2.